The lowest BCUT2D eigenvalue weighted by Crippen LogP contribution is -2.34. The van der Waals surface area contributed by atoms with Crippen LogP contribution in [-0.4, -0.2) is 23.8 Å². The normalized spacial score (nSPS) is 17.4. The second-order valence-electron chi connectivity index (χ2n) is 3.99. The summed E-state index contributed by atoms with van der Waals surface area (Å²) in [5, 5.41) is 5.40. The molecule has 5 nitrogen and oxygen atoms in total. The van der Waals surface area contributed by atoms with Gasteiger partial charge in [0.15, 0.2) is 6.10 Å². The van der Waals surface area contributed by atoms with Crippen LogP contribution >= 0.6 is 11.6 Å². The predicted molar refractivity (Wildman–Crippen MR) is 67.7 cm³/mol. The molecule has 0 bridgehead atoms. The average Bonchev–Trinajstić information content (AvgIpc) is 2.37. The van der Waals surface area contributed by atoms with Crippen LogP contribution in [0.1, 0.15) is 12.5 Å². The lowest BCUT2D eigenvalue weighted by Gasteiger charge is -2.23. The van der Waals surface area contributed by atoms with Gasteiger partial charge in [0, 0.05) is 6.54 Å². The molecule has 0 saturated heterocycles. The molecule has 1 heterocycles. The number of carbonyl (C=O) groups is 2. The SMILES string of the molecule is CC1Oc2ccc(CNC(=O)CCl)cc2NC1=O. The Hall–Kier alpha value is -1.75. The minimum Gasteiger partial charge on any atom is -0.479 e. The Labute approximate surface area is 109 Å². The van der Waals surface area contributed by atoms with Gasteiger partial charge in [-0.2, -0.15) is 0 Å². The van der Waals surface area contributed by atoms with Crippen LogP contribution in [0.15, 0.2) is 18.2 Å². The van der Waals surface area contributed by atoms with E-state index >= 15 is 0 Å². The first kappa shape index (κ1) is 12.7. The summed E-state index contributed by atoms with van der Waals surface area (Å²) < 4.78 is 5.43. The highest BCUT2D eigenvalue weighted by atomic mass is 35.5. The number of halogens is 1. The molecule has 1 atom stereocenters. The van der Waals surface area contributed by atoms with E-state index in [1.54, 1.807) is 19.1 Å². The number of alkyl halides is 1. The lowest BCUT2D eigenvalue weighted by molar-refractivity contribution is -0.122. The van der Waals surface area contributed by atoms with Crippen LogP contribution in [0, 0.1) is 0 Å². The molecule has 0 saturated carbocycles. The molecular formula is C12H13ClN2O3. The van der Waals surface area contributed by atoms with Crippen molar-refractivity contribution < 1.29 is 14.3 Å². The highest BCUT2D eigenvalue weighted by molar-refractivity contribution is 6.27. The Morgan fingerprint density at radius 3 is 3.06 bits per heavy atom. The van der Waals surface area contributed by atoms with Gasteiger partial charge in [-0.1, -0.05) is 6.07 Å². The highest BCUT2D eigenvalue weighted by Gasteiger charge is 2.23. The minimum absolute atomic E-state index is 0.0672. The Morgan fingerprint density at radius 1 is 1.56 bits per heavy atom. The van der Waals surface area contributed by atoms with Crippen LogP contribution in [0.2, 0.25) is 0 Å². The third-order valence-electron chi connectivity index (χ3n) is 2.59. The minimum atomic E-state index is -0.487. The number of hydrogen-bond donors (Lipinski definition) is 2. The van der Waals surface area contributed by atoms with E-state index < -0.39 is 6.10 Å². The number of fused-ring (bicyclic) bond motifs is 1. The number of ether oxygens (including phenoxy) is 1. The number of rotatable bonds is 3. The molecule has 1 unspecified atom stereocenters. The lowest BCUT2D eigenvalue weighted by atomic mass is 10.1. The van der Waals surface area contributed by atoms with E-state index in [0.29, 0.717) is 18.0 Å². The zero-order valence-corrected chi connectivity index (χ0v) is 10.6. The van der Waals surface area contributed by atoms with Gasteiger partial charge < -0.3 is 15.4 Å². The quantitative estimate of drug-likeness (QED) is 0.811. The van der Waals surface area contributed by atoms with Crippen molar-refractivity contribution in [1.29, 1.82) is 0 Å². The Bertz CT molecular complexity index is 490. The van der Waals surface area contributed by atoms with E-state index in [1.807, 2.05) is 6.07 Å². The van der Waals surface area contributed by atoms with Gasteiger partial charge >= 0.3 is 0 Å². The van der Waals surface area contributed by atoms with Crippen LogP contribution in [-0.2, 0) is 16.1 Å². The van der Waals surface area contributed by atoms with E-state index in [-0.39, 0.29) is 17.7 Å². The third-order valence-corrected chi connectivity index (χ3v) is 2.83. The van der Waals surface area contributed by atoms with Crippen LogP contribution in [0.4, 0.5) is 5.69 Å². The van der Waals surface area contributed by atoms with Crippen molar-refractivity contribution in [2.24, 2.45) is 0 Å². The standard InChI is InChI=1S/C12H13ClN2O3/c1-7-12(17)15-9-4-8(2-3-10(9)18-7)6-14-11(16)5-13/h2-4,7H,5-6H2,1H3,(H,14,16)(H,15,17). The summed E-state index contributed by atoms with van der Waals surface area (Å²) in [6, 6.07) is 5.37. The van der Waals surface area contributed by atoms with Gasteiger partial charge in [-0.05, 0) is 24.6 Å². The van der Waals surface area contributed by atoms with E-state index in [4.69, 9.17) is 16.3 Å². The Kier molecular flexibility index (Phi) is 3.72. The molecule has 2 rings (SSSR count). The number of nitrogens with one attached hydrogen (secondary N) is 2. The maximum atomic E-state index is 11.5. The summed E-state index contributed by atoms with van der Waals surface area (Å²) in [4.78, 5) is 22.5. The first-order valence-electron chi connectivity index (χ1n) is 5.53. The third kappa shape index (κ3) is 2.73. The van der Waals surface area contributed by atoms with Gasteiger partial charge in [-0.3, -0.25) is 9.59 Å². The zero-order valence-electron chi connectivity index (χ0n) is 9.83. The summed E-state index contributed by atoms with van der Waals surface area (Å²) in [5.41, 5.74) is 1.49. The summed E-state index contributed by atoms with van der Waals surface area (Å²) in [6.45, 7) is 2.05. The van der Waals surface area contributed by atoms with Crippen molar-refractivity contribution in [2.75, 3.05) is 11.2 Å². The summed E-state index contributed by atoms with van der Waals surface area (Å²) in [6.07, 6.45) is -0.487. The van der Waals surface area contributed by atoms with Gasteiger partial charge in [-0.15, -0.1) is 11.6 Å². The highest BCUT2D eigenvalue weighted by Crippen LogP contribution is 2.30. The fraction of sp³-hybridized carbons (Fsp3) is 0.333. The maximum Gasteiger partial charge on any atom is 0.265 e. The van der Waals surface area contributed by atoms with Crippen molar-refractivity contribution in [3.05, 3.63) is 23.8 Å². The molecule has 2 N–H and O–H groups in total. The second kappa shape index (κ2) is 5.27. The number of benzene rings is 1. The van der Waals surface area contributed by atoms with E-state index in [2.05, 4.69) is 10.6 Å². The van der Waals surface area contributed by atoms with Crippen LogP contribution in [0.5, 0.6) is 5.75 Å². The molecule has 0 fully saturated rings. The zero-order chi connectivity index (χ0) is 13.1. The molecular weight excluding hydrogens is 256 g/mol. The number of carbonyl (C=O) groups excluding carboxylic acids is 2. The molecule has 6 heteroatoms. The topological polar surface area (TPSA) is 67.4 Å². The van der Waals surface area contributed by atoms with Crippen LogP contribution in [0.25, 0.3) is 0 Å². The second-order valence-corrected chi connectivity index (χ2v) is 4.26. The van der Waals surface area contributed by atoms with Gasteiger partial charge in [0.25, 0.3) is 5.91 Å². The monoisotopic (exact) mass is 268 g/mol. The molecule has 0 radical (unpaired) electrons. The van der Waals surface area contributed by atoms with E-state index in [9.17, 15) is 9.59 Å². The van der Waals surface area contributed by atoms with Crippen molar-refractivity contribution in [2.45, 2.75) is 19.6 Å². The van der Waals surface area contributed by atoms with Gasteiger partial charge in [-0.25, -0.2) is 0 Å². The number of hydrogen-bond acceptors (Lipinski definition) is 3. The fourth-order valence-electron chi connectivity index (χ4n) is 1.61. The first-order chi connectivity index (χ1) is 8.60. The molecule has 1 aliphatic heterocycles. The molecule has 0 aromatic heterocycles. The van der Waals surface area contributed by atoms with Crippen LogP contribution < -0.4 is 15.4 Å². The van der Waals surface area contributed by atoms with Crippen molar-refractivity contribution in [3.8, 4) is 5.75 Å². The molecule has 18 heavy (non-hydrogen) atoms. The van der Waals surface area contributed by atoms with Crippen LogP contribution in [0.3, 0.4) is 0 Å². The summed E-state index contributed by atoms with van der Waals surface area (Å²) in [7, 11) is 0. The summed E-state index contributed by atoms with van der Waals surface area (Å²) in [5.74, 6) is 0.157. The van der Waals surface area contributed by atoms with Crippen molar-refractivity contribution in [3.63, 3.8) is 0 Å². The smallest absolute Gasteiger partial charge is 0.265 e. The molecule has 1 aromatic rings. The maximum absolute atomic E-state index is 11.5. The largest absolute Gasteiger partial charge is 0.479 e. The number of amides is 2. The van der Waals surface area contributed by atoms with E-state index in [1.165, 1.54) is 0 Å². The number of anilines is 1. The molecule has 0 spiro atoms. The average molecular weight is 269 g/mol. The predicted octanol–water partition coefficient (Wildman–Crippen LogP) is 1.26. The van der Waals surface area contributed by atoms with E-state index in [0.717, 1.165) is 5.56 Å². The van der Waals surface area contributed by atoms with Gasteiger partial charge in [0.2, 0.25) is 5.91 Å². The molecule has 96 valence electrons. The fourth-order valence-corrected chi connectivity index (χ4v) is 1.71. The molecule has 0 aliphatic carbocycles. The molecule has 2 amide bonds. The van der Waals surface area contributed by atoms with Crippen molar-refractivity contribution in [1.82, 2.24) is 5.32 Å². The van der Waals surface area contributed by atoms with Crippen molar-refractivity contribution >= 4 is 29.1 Å². The summed E-state index contributed by atoms with van der Waals surface area (Å²) >= 11 is 5.38. The Balaban J connectivity index is 2.10. The molecule has 1 aromatic carbocycles. The first-order valence-corrected chi connectivity index (χ1v) is 6.06. The Morgan fingerprint density at radius 2 is 2.33 bits per heavy atom. The molecule has 1 aliphatic rings. The van der Waals surface area contributed by atoms with Gasteiger partial charge in [0.05, 0.1) is 5.69 Å². The van der Waals surface area contributed by atoms with Gasteiger partial charge in [0.1, 0.15) is 11.6 Å².